The van der Waals surface area contributed by atoms with Crippen molar-refractivity contribution >= 4 is 5.91 Å². The fourth-order valence-electron chi connectivity index (χ4n) is 2.51. The summed E-state index contributed by atoms with van der Waals surface area (Å²) in [4.78, 5) is 11.9. The van der Waals surface area contributed by atoms with Crippen LogP contribution >= 0.6 is 0 Å². The molecule has 1 unspecified atom stereocenters. The summed E-state index contributed by atoms with van der Waals surface area (Å²) in [5.41, 5.74) is 2.13. The molecule has 21 heavy (non-hydrogen) atoms. The molecular weight excluding hydrogens is 262 g/mol. The molecule has 1 amide bonds. The highest BCUT2D eigenvalue weighted by Gasteiger charge is 2.28. The first-order valence-corrected chi connectivity index (χ1v) is 7.61. The number of hydrogen-bond donors (Lipinski definition) is 1. The van der Waals surface area contributed by atoms with Gasteiger partial charge in [-0.15, -0.1) is 0 Å². The van der Waals surface area contributed by atoms with Crippen molar-refractivity contribution in [3.05, 3.63) is 48.3 Å². The lowest BCUT2D eigenvalue weighted by Gasteiger charge is -2.12. The molecule has 4 nitrogen and oxygen atoms in total. The number of carbonyl (C=O) groups is 1. The van der Waals surface area contributed by atoms with Crippen molar-refractivity contribution in [2.24, 2.45) is 5.92 Å². The highest BCUT2D eigenvalue weighted by Crippen LogP contribution is 2.32. The van der Waals surface area contributed by atoms with Crippen molar-refractivity contribution < 1.29 is 4.79 Å². The molecule has 0 spiro atoms. The molecule has 1 aromatic heterocycles. The summed E-state index contributed by atoms with van der Waals surface area (Å²) in [6.07, 6.45) is 7.60. The summed E-state index contributed by atoms with van der Waals surface area (Å²) < 4.78 is 1.85. The highest BCUT2D eigenvalue weighted by molar-refractivity contribution is 5.76. The van der Waals surface area contributed by atoms with Crippen LogP contribution in [0.15, 0.2) is 42.7 Å². The summed E-state index contributed by atoms with van der Waals surface area (Å²) in [6, 6.07) is 10.3. The Morgan fingerprint density at radius 3 is 2.86 bits per heavy atom. The Hall–Kier alpha value is -2.10. The topological polar surface area (TPSA) is 46.9 Å². The number of hydrogen-bond acceptors (Lipinski definition) is 2. The first-order valence-electron chi connectivity index (χ1n) is 7.61. The second-order valence-corrected chi connectivity index (χ2v) is 5.82. The Bertz CT molecular complexity index is 602. The Labute approximate surface area is 125 Å². The van der Waals surface area contributed by atoms with Crippen LogP contribution < -0.4 is 5.32 Å². The standard InChI is InChI=1S/C17H21N3O/c1-13(15-8-9-15)19-17(21)10-7-14-11-18-20(12-14)16-5-3-2-4-6-16/h2-6,11-13,15H,7-10H2,1H3,(H,19,21). The molecule has 1 aliphatic carbocycles. The van der Waals surface area contributed by atoms with E-state index in [0.29, 0.717) is 18.4 Å². The van der Waals surface area contributed by atoms with Gasteiger partial charge in [-0.05, 0) is 49.8 Å². The predicted molar refractivity (Wildman–Crippen MR) is 82.2 cm³/mol. The van der Waals surface area contributed by atoms with Gasteiger partial charge in [-0.1, -0.05) is 18.2 Å². The number of benzene rings is 1. The molecule has 1 N–H and O–H groups in total. The fraction of sp³-hybridized carbons (Fsp3) is 0.412. The van der Waals surface area contributed by atoms with Gasteiger partial charge in [-0.25, -0.2) is 4.68 Å². The number of aryl methyl sites for hydroxylation is 1. The number of amides is 1. The Morgan fingerprint density at radius 2 is 2.14 bits per heavy atom. The maximum Gasteiger partial charge on any atom is 0.220 e. The first-order chi connectivity index (χ1) is 10.2. The molecule has 1 atom stereocenters. The summed E-state index contributed by atoms with van der Waals surface area (Å²) >= 11 is 0. The molecule has 0 radical (unpaired) electrons. The smallest absolute Gasteiger partial charge is 0.220 e. The Balaban J connectivity index is 1.51. The quantitative estimate of drug-likeness (QED) is 0.886. The number of para-hydroxylation sites is 1. The van der Waals surface area contributed by atoms with Crippen LogP contribution in [0.5, 0.6) is 0 Å². The van der Waals surface area contributed by atoms with E-state index >= 15 is 0 Å². The van der Waals surface area contributed by atoms with Gasteiger partial charge in [0.1, 0.15) is 0 Å². The van der Waals surface area contributed by atoms with Gasteiger partial charge in [-0.2, -0.15) is 5.10 Å². The van der Waals surface area contributed by atoms with Crippen molar-refractivity contribution in [3.63, 3.8) is 0 Å². The van der Waals surface area contributed by atoms with Crippen LogP contribution in [-0.4, -0.2) is 21.7 Å². The summed E-state index contributed by atoms with van der Waals surface area (Å²) in [6.45, 7) is 2.10. The molecule has 4 heteroatoms. The fourth-order valence-corrected chi connectivity index (χ4v) is 2.51. The van der Waals surface area contributed by atoms with Crippen molar-refractivity contribution in [3.8, 4) is 5.69 Å². The van der Waals surface area contributed by atoms with Gasteiger partial charge in [0.05, 0.1) is 11.9 Å². The van der Waals surface area contributed by atoms with Crippen molar-refractivity contribution in [2.45, 2.75) is 38.6 Å². The average Bonchev–Trinajstić information content (AvgIpc) is 3.25. The molecule has 1 fully saturated rings. The minimum Gasteiger partial charge on any atom is -0.353 e. The molecule has 2 aromatic rings. The van der Waals surface area contributed by atoms with E-state index in [1.165, 1.54) is 12.8 Å². The van der Waals surface area contributed by atoms with Crippen LogP contribution in [0.2, 0.25) is 0 Å². The largest absolute Gasteiger partial charge is 0.353 e. The van der Waals surface area contributed by atoms with Crippen LogP contribution in [0, 0.1) is 5.92 Å². The number of rotatable bonds is 6. The second-order valence-electron chi connectivity index (χ2n) is 5.82. The van der Waals surface area contributed by atoms with E-state index in [-0.39, 0.29) is 5.91 Å². The third kappa shape index (κ3) is 3.72. The van der Waals surface area contributed by atoms with Crippen LogP contribution in [0.3, 0.4) is 0 Å². The molecule has 0 bridgehead atoms. The van der Waals surface area contributed by atoms with Crippen LogP contribution in [0.25, 0.3) is 5.69 Å². The van der Waals surface area contributed by atoms with E-state index in [9.17, 15) is 4.79 Å². The van der Waals surface area contributed by atoms with E-state index in [1.54, 1.807) is 0 Å². The summed E-state index contributed by atoms with van der Waals surface area (Å²) in [5.74, 6) is 0.844. The number of aromatic nitrogens is 2. The number of nitrogens with zero attached hydrogens (tertiary/aromatic N) is 2. The van der Waals surface area contributed by atoms with Crippen LogP contribution in [0.1, 0.15) is 31.7 Å². The zero-order chi connectivity index (χ0) is 14.7. The van der Waals surface area contributed by atoms with Gasteiger partial charge in [0.2, 0.25) is 5.91 Å². The van der Waals surface area contributed by atoms with E-state index < -0.39 is 0 Å². The first kappa shape index (κ1) is 13.9. The van der Waals surface area contributed by atoms with Crippen molar-refractivity contribution in [2.75, 3.05) is 0 Å². The Morgan fingerprint density at radius 1 is 1.38 bits per heavy atom. The van der Waals surface area contributed by atoms with E-state index in [0.717, 1.165) is 17.7 Å². The van der Waals surface area contributed by atoms with Crippen molar-refractivity contribution in [1.82, 2.24) is 15.1 Å². The molecule has 1 heterocycles. The number of nitrogens with one attached hydrogen (secondary N) is 1. The summed E-state index contributed by atoms with van der Waals surface area (Å²) in [7, 11) is 0. The van der Waals surface area contributed by atoms with Gasteiger partial charge in [-0.3, -0.25) is 4.79 Å². The van der Waals surface area contributed by atoms with Crippen LogP contribution in [-0.2, 0) is 11.2 Å². The zero-order valence-corrected chi connectivity index (χ0v) is 12.3. The van der Waals surface area contributed by atoms with E-state index in [4.69, 9.17) is 0 Å². The molecule has 0 saturated heterocycles. The molecule has 3 rings (SSSR count). The molecule has 1 saturated carbocycles. The SMILES string of the molecule is CC(NC(=O)CCc1cnn(-c2ccccc2)c1)C1CC1. The third-order valence-corrected chi connectivity index (χ3v) is 4.02. The lowest BCUT2D eigenvalue weighted by Crippen LogP contribution is -2.34. The normalized spacial score (nSPS) is 15.7. The van der Waals surface area contributed by atoms with E-state index in [2.05, 4.69) is 17.3 Å². The lowest BCUT2D eigenvalue weighted by molar-refractivity contribution is -0.121. The summed E-state index contributed by atoms with van der Waals surface area (Å²) in [5, 5.41) is 7.43. The molecule has 1 aromatic carbocycles. The molecule has 110 valence electrons. The van der Waals surface area contributed by atoms with Gasteiger partial charge < -0.3 is 5.32 Å². The monoisotopic (exact) mass is 283 g/mol. The van der Waals surface area contributed by atoms with Crippen molar-refractivity contribution in [1.29, 1.82) is 0 Å². The lowest BCUT2D eigenvalue weighted by atomic mass is 10.1. The Kier molecular flexibility index (Phi) is 4.04. The van der Waals surface area contributed by atoms with Gasteiger partial charge in [0, 0.05) is 18.7 Å². The average molecular weight is 283 g/mol. The minimum absolute atomic E-state index is 0.141. The second kappa shape index (κ2) is 6.12. The molecular formula is C17H21N3O. The van der Waals surface area contributed by atoms with Crippen LogP contribution in [0.4, 0.5) is 0 Å². The predicted octanol–water partition coefficient (Wildman–Crippen LogP) is 2.72. The van der Waals surface area contributed by atoms with E-state index in [1.807, 2.05) is 47.4 Å². The maximum absolute atomic E-state index is 11.9. The minimum atomic E-state index is 0.141. The van der Waals surface area contributed by atoms with Gasteiger partial charge in [0.25, 0.3) is 0 Å². The van der Waals surface area contributed by atoms with Gasteiger partial charge >= 0.3 is 0 Å². The molecule has 0 aliphatic heterocycles. The molecule has 1 aliphatic rings. The van der Waals surface area contributed by atoms with Gasteiger partial charge in [0.15, 0.2) is 0 Å². The third-order valence-electron chi connectivity index (χ3n) is 4.02. The maximum atomic E-state index is 11.9. The highest BCUT2D eigenvalue weighted by atomic mass is 16.1. The zero-order valence-electron chi connectivity index (χ0n) is 12.3. The number of carbonyl (C=O) groups excluding carboxylic acids is 1.